The van der Waals surface area contributed by atoms with E-state index in [9.17, 15) is 19.4 Å². The number of nitrogens with one attached hydrogen (secondary N) is 1. The van der Waals surface area contributed by atoms with Crippen molar-refractivity contribution in [2.45, 2.75) is 328 Å². The first-order chi connectivity index (χ1) is 34.5. The number of aliphatic hydroxyl groups is 1. The summed E-state index contributed by atoms with van der Waals surface area (Å²) in [6, 6.07) is -0.882. The van der Waals surface area contributed by atoms with Gasteiger partial charge in [-0.15, -0.1) is 0 Å². The minimum absolute atomic E-state index is 0.000905. The molecule has 422 valence electrons. The molecule has 0 saturated carbocycles. The Bertz CT molecular complexity index is 1210. The zero-order chi connectivity index (χ0) is 52.0. The Hall–Kier alpha value is -1.02. The molecule has 0 aliphatic heterocycles. The smallest absolute Gasteiger partial charge is 0.268 e. The Balaban J connectivity index is 3.80. The monoisotopic (exact) mass is 1020 g/mol. The van der Waals surface area contributed by atoms with Crippen molar-refractivity contribution in [1.29, 1.82) is 0 Å². The van der Waals surface area contributed by atoms with E-state index in [2.05, 4.69) is 31.3 Å². The zero-order valence-electron chi connectivity index (χ0n) is 48.2. The molecule has 71 heavy (non-hydrogen) atoms. The number of carbonyl (C=O) groups is 1. The number of unbranched alkanes of at least 4 members (excludes halogenated alkanes) is 43. The van der Waals surface area contributed by atoms with Gasteiger partial charge >= 0.3 is 0 Å². The maximum absolute atomic E-state index is 12.9. The lowest BCUT2D eigenvalue weighted by Gasteiger charge is -2.29. The number of phosphoric acid groups is 1. The molecule has 0 aliphatic rings. The topological polar surface area (TPSA) is 108 Å². The predicted octanol–water partition coefficient (Wildman–Crippen LogP) is 18.5. The summed E-state index contributed by atoms with van der Waals surface area (Å²) >= 11 is 0. The SMILES string of the molecule is CCCCCCCCCC/C=C/C(O)C(COP(=O)([O-])OCC[N+](C)(C)C)NC(=O)CCCCCCCCCCCCCCCCCCC/C=C\CCCCCCCCCCCCCCCCCCCC. The molecule has 0 spiro atoms. The highest BCUT2D eigenvalue weighted by Crippen LogP contribution is 2.38. The Labute approximate surface area is 443 Å². The van der Waals surface area contributed by atoms with E-state index in [4.69, 9.17) is 9.05 Å². The number of aliphatic hydroxyl groups excluding tert-OH is 1. The maximum Gasteiger partial charge on any atom is 0.268 e. The van der Waals surface area contributed by atoms with E-state index >= 15 is 0 Å². The third-order valence-corrected chi connectivity index (χ3v) is 15.4. The van der Waals surface area contributed by atoms with Gasteiger partial charge in [-0.25, -0.2) is 0 Å². The van der Waals surface area contributed by atoms with Gasteiger partial charge in [0.15, 0.2) is 0 Å². The maximum atomic E-state index is 12.9. The molecule has 0 bridgehead atoms. The first-order valence-electron chi connectivity index (χ1n) is 31.2. The van der Waals surface area contributed by atoms with Gasteiger partial charge in [0.05, 0.1) is 39.9 Å². The van der Waals surface area contributed by atoms with E-state index in [1.165, 1.54) is 257 Å². The number of rotatable bonds is 58. The van der Waals surface area contributed by atoms with Crippen LogP contribution in [0.25, 0.3) is 0 Å². The van der Waals surface area contributed by atoms with E-state index in [0.717, 1.165) is 38.5 Å². The number of hydrogen-bond donors (Lipinski definition) is 2. The lowest BCUT2D eigenvalue weighted by Crippen LogP contribution is -2.45. The molecule has 0 aliphatic carbocycles. The molecule has 0 heterocycles. The van der Waals surface area contributed by atoms with Crippen LogP contribution in [0.3, 0.4) is 0 Å². The summed E-state index contributed by atoms with van der Waals surface area (Å²) in [7, 11) is 1.27. The van der Waals surface area contributed by atoms with Gasteiger partial charge in [0, 0.05) is 6.42 Å². The second-order valence-corrected chi connectivity index (χ2v) is 24.2. The van der Waals surface area contributed by atoms with Crippen molar-refractivity contribution >= 4 is 13.7 Å². The average molecular weight is 1020 g/mol. The fourth-order valence-corrected chi connectivity index (χ4v) is 10.2. The number of phosphoric ester groups is 1. The molecule has 0 saturated heterocycles. The van der Waals surface area contributed by atoms with Gasteiger partial charge in [-0.3, -0.25) is 9.36 Å². The molecule has 0 radical (unpaired) electrons. The highest BCUT2D eigenvalue weighted by molar-refractivity contribution is 7.45. The Morgan fingerprint density at radius 3 is 1.10 bits per heavy atom. The number of hydrogen-bond acceptors (Lipinski definition) is 6. The molecule has 0 aromatic carbocycles. The quantitative estimate of drug-likeness (QED) is 0.0272. The van der Waals surface area contributed by atoms with Gasteiger partial charge in [0.1, 0.15) is 13.2 Å². The number of nitrogens with zero attached hydrogens (tertiary/aromatic N) is 1. The zero-order valence-corrected chi connectivity index (χ0v) is 49.1. The van der Waals surface area contributed by atoms with Crippen LogP contribution in [0.4, 0.5) is 0 Å². The average Bonchev–Trinajstić information content (AvgIpc) is 3.33. The highest BCUT2D eigenvalue weighted by atomic mass is 31.2. The van der Waals surface area contributed by atoms with Gasteiger partial charge in [0.2, 0.25) is 5.91 Å². The second-order valence-electron chi connectivity index (χ2n) is 22.8. The molecule has 0 aromatic heterocycles. The van der Waals surface area contributed by atoms with E-state index in [0.29, 0.717) is 17.4 Å². The number of likely N-dealkylation sites (N-methyl/N-ethyl adjacent to an activating group) is 1. The van der Waals surface area contributed by atoms with Crippen LogP contribution in [0.5, 0.6) is 0 Å². The summed E-state index contributed by atoms with van der Waals surface area (Å²) in [5, 5.41) is 13.8. The van der Waals surface area contributed by atoms with Crippen molar-refractivity contribution in [3.8, 4) is 0 Å². The van der Waals surface area contributed by atoms with Crippen LogP contribution >= 0.6 is 7.82 Å². The van der Waals surface area contributed by atoms with Crippen LogP contribution in [-0.2, 0) is 18.4 Å². The summed E-state index contributed by atoms with van der Waals surface area (Å²) in [5.41, 5.74) is 0. The van der Waals surface area contributed by atoms with Crippen LogP contribution in [0.1, 0.15) is 316 Å². The molecule has 3 atom stereocenters. The molecule has 0 aromatic rings. The molecule has 1 amide bonds. The minimum atomic E-state index is -4.59. The molecule has 8 nitrogen and oxygen atoms in total. The molecule has 0 fully saturated rings. The minimum Gasteiger partial charge on any atom is -0.756 e. The molecule has 2 N–H and O–H groups in total. The van der Waals surface area contributed by atoms with Gasteiger partial charge < -0.3 is 28.8 Å². The van der Waals surface area contributed by atoms with Crippen LogP contribution in [-0.4, -0.2) is 68.5 Å². The van der Waals surface area contributed by atoms with Gasteiger partial charge in [-0.05, 0) is 44.9 Å². The fourth-order valence-electron chi connectivity index (χ4n) is 9.50. The normalized spacial score (nSPS) is 14.0. The van der Waals surface area contributed by atoms with Crippen LogP contribution < -0.4 is 10.2 Å². The van der Waals surface area contributed by atoms with Crippen molar-refractivity contribution in [1.82, 2.24) is 5.32 Å². The van der Waals surface area contributed by atoms with Crippen molar-refractivity contribution in [2.75, 3.05) is 40.9 Å². The van der Waals surface area contributed by atoms with Crippen molar-refractivity contribution < 1.29 is 32.9 Å². The lowest BCUT2D eigenvalue weighted by atomic mass is 10.0. The molecule has 3 unspecified atom stereocenters. The van der Waals surface area contributed by atoms with Crippen molar-refractivity contribution in [2.24, 2.45) is 0 Å². The largest absolute Gasteiger partial charge is 0.756 e. The second kappa shape index (κ2) is 53.8. The van der Waals surface area contributed by atoms with Gasteiger partial charge in [-0.1, -0.05) is 289 Å². The molecule has 9 heteroatoms. The molecular formula is C62H123N2O6P. The van der Waals surface area contributed by atoms with Crippen LogP contribution in [0.2, 0.25) is 0 Å². The Morgan fingerprint density at radius 2 is 0.775 bits per heavy atom. The Morgan fingerprint density at radius 1 is 0.479 bits per heavy atom. The highest BCUT2D eigenvalue weighted by Gasteiger charge is 2.23. The van der Waals surface area contributed by atoms with E-state index < -0.39 is 20.0 Å². The van der Waals surface area contributed by atoms with Crippen molar-refractivity contribution in [3.63, 3.8) is 0 Å². The van der Waals surface area contributed by atoms with E-state index in [1.54, 1.807) is 6.08 Å². The number of amides is 1. The van der Waals surface area contributed by atoms with E-state index in [1.807, 2.05) is 27.2 Å². The third-order valence-electron chi connectivity index (χ3n) is 14.4. The van der Waals surface area contributed by atoms with Crippen molar-refractivity contribution in [3.05, 3.63) is 24.3 Å². The van der Waals surface area contributed by atoms with Crippen LogP contribution in [0, 0.1) is 0 Å². The summed E-state index contributed by atoms with van der Waals surface area (Å²) in [6.07, 6.45) is 68.8. The standard InChI is InChI=1S/C62H123N2O6P/c1-6-8-10-12-14-16-18-19-20-21-22-23-24-25-26-27-28-29-30-31-32-33-34-35-36-37-38-39-40-41-42-43-44-45-46-48-50-52-54-56-62(66)63-60(59-70-71(67,68)69-58-57-64(3,4)5)61(65)55-53-51-49-47-17-15-13-11-9-7-2/h31-32,53,55,60-61,65H,6-30,33-52,54,56-59H2,1-5H3,(H-,63,66,67,68)/b32-31-,55-53+. The third kappa shape index (κ3) is 56.5. The summed E-state index contributed by atoms with van der Waals surface area (Å²) < 4.78 is 23.3. The number of quaternary nitrogens is 1. The van der Waals surface area contributed by atoms with Gasteiger partial charge in [-0.2, -0.15) is 0 Å². The summed E-state index contributed by atoms with van der Waals surface area (Å²) in [5.74, 6) is -0.194. The fraction of sp³-hybridized carbons (Fsp3) is 0.919. The van der Waals surface area contributed by atoms with E-state index in [-0.39, 0.29) is 19.1 Å². The summed E-state index contributed by atoms with van der Waals surface area (Å²) in [4.78, 5) is 25.4. The molecule has 0 rings (SSSR count). The predicted molar refractivity (Wildman–Crippen MR) is 307 cm³/mol. The first-order valence-corrected chi connectivity index (χ1v) is 32.7. The number of carbonyl (C=O) groups excluding carboxylic acids is 1. The lowest BCUT2D eigenvalue weighted by molar-refractivity contribution is -0.870. The van der Waals surface area contributed by atoms with Crippen LogP contribution in [0.15, 0.2) is 24.3 Å². The Kier molecular flexibility index (Phi) is 53.0. The summed E-state index contributed by atoms with van der Waals surface area (Å²) in [6.45, 7) is 4.66. The molecular weight excluding hydrogens is 900 g/mol. The van der Waals surface area contributed by atoms with Gasteiger partial charge in [0.25, 0.3) is 7.82 Å². The number of allylic oxidation sites excluding steroid dienone is 3. The first kappa shape index (κ1) is 70.0.